The van der Waals surface area contributed by atoms with E-state index in [0.717, 1.165) is 5.92 Å². The van der Waals surface area contributed by atoms with Crippen LogP contribution in [0.1, 0.15) is 59.0 Å². The number of rotatable bonds is 3. The Hall–Kier alpha value is -1.60. The zero-order valence-corrected chi connectivity index (χ0v) is 12.4. The summed E-state index contributed by atoms with van der Waals surface area (Å²) >= 11 is 0. The highest BCUT2D eigenvalue weighted by Crippen LogP contribution is 2.36. The Bertz CT molecular complexity index is 594. The van der Waals surface area contributed by atoms with Gasteiger partial charge in [-0.15, -0.1) is 0 Å². The van der Waals surface area contributed by atoms with Crippen LogP contribution >= 0.6 is 0 Å². The molecule has 0 spiro atoms. The average molecular weight is 265 g/mol. The smallest absolute Gasteiger partial charge is 0.0554 e. The maximum atomic E-state index is 6.46. The molecule has 1 atom stereocenters. The Morgan fingerprint density at radius 3 is 2.30 bits per heavy atom. The van der Waals surface area contributed by atoms with Crippen LogP contribution < -0.4 is 5.73 Å². The van der Waals surface area contributed by atoms with Crippen LogP contribution in [0.5, 0.6) is 0 Å². The fourth-order valence-electron chi connectivity index (χ4n) is 2.99. The van der Waals surface area contributed by atoms with E-state index in [-0.39, 0.29) is 6.04 Å². The van der Waals surface area contributed by atoms with Gasteiger partial charge < -0.3 is 5.73 Å². The topological polar surface area (TPSA) is 26.0 Å². The molecule has 1 fully saturated rings. The lowest BCUT2D eigenvalue weighted by molar-refractivity contribution is 0.419. The van der Waals surface area contributed by atoms with Gasteiger partial charge in [0.15, 0.2) is 0 Å². The zero-order valence-electron chi connectivity index (χ0n) is 12.4. The molecule has 104 valence electrons. The van der Waals surface area contributed by atoms with Gasteiger partial charge in [0.1, 0.15) is 0 Å². The molecular weight excluding hydrogens is 242 g/mol. The molecule has 0 aliphatic heterocycles. The van der Waals surface area contributed by atoms with Gasteiger partial charge in [-0.1, -0.05) is 54.4 Å². The first-order valence-corrected chi connectivity index (χ1v) is 7.58. The molecule has 1 unspecified atom stereocenters. The van der Waals surface area contributed by atoms with E-state index in [0.29, 0.717) is 0 Å². The van der Waals surface area contributed by atoms with Gasteiger partial charge in [-0.2, -0.15) is 0 Å². The molecular formula is C19H23N. The molecule has 0 bridgehead atoms. The van der Waals surface area contributed by atoms with Gasteiger partial charge in [-0.25, -0.2) is 0 Å². The van der Waals surface area contributed by atoms with Gasteiger partial charge in [0.25, 0.3) is 0 Å². The van der Waals surface area contributed by atoms with E-state index in [2.05, 4.69) is 56.3 Å². The minimum atomic E-state index is -0.0228. The van der Waals surface area contributed by atoms with Crippen molar-refractivity contribution in [3.8, 4) is 0 Å². The Kier molecular flexibility index (Phi) is 3.62. The van der Waals surface area contributed by atoms with Crippen molar-refractivity contribution in [2.45, 2.75) is 45.1 Å². The summed E-state index contributed by atoms with van der Waals surface area (Å²) in [5.74, 6) is 0.793. The molecule has 2 aromatic rings. The third-order valence-electron chi connectivity index (χ3n) is 4.64. The van der Waals surface area contributed by atoms with Crippen molar-refractivity contribution in [1.29, 1.82) is 0 Å². The molecule has 0 aromatic heterocycles. The number of hydrogen-bond acceptors (Lipinski definition) is 1. The zero-order chi connectivity index (χ0) is 14.1. The van der Waals surface area contributed by atoms with Gasteiger partial charge in [0, 0.05) is 0 Å². The van der Waals surface area contributed by atoms with Gasteiger partial charge in [-0.05, 0) is 54.9 Å². The largest absolute Gasteiger partial charge is 0.320 e. The maximum Gasteiger partial charge on any atom is 0.0554 e. The highest BCUT2D eigenvalue weighted by molar-refractivity contribution is 5.40. The first-order valence-electron chi connectivity index (χ1n) is 7.58. The van der Waals surface area contributed by atoms with E-state index < -0.39 is 0 Å². The lowest BCUT2D eigenvalue weighted by Crippen LogP contribution is -2.14. The molecule has 20 heavy (non-hydrogen) atoms. The maximum absolute atomic E-state index is 6.46. The second-order valence-corrected chi connectivity index (χ2v) is 6.13. The molecule has 0 radical (unpaired) electrons. The molecule has 1 nitrogen and oxygen atoms in total. The fourth-order valence-corrected chi connectivity index (χ4v) is 2.99. The molecule has 0 amide bonds. The minimum Gasteiger partial charge on any atom is -0.320 e. The summed E-state index contributed by atoms with van der Waals surface area (Å²) in [4.78, 5) is 0. The van der Waals surface area contributed by atoms with Crippen molar-refractivity contribution in [3.05, 3.63) is 70.3 Å². The second-order valence-electron chi connectivity index (χ2n) is 6.13. The van der Waals surface area contributed by atoms with Gasteiger partial charge >= 0.3 is 0 Å². The van der Waals surface area contributed by atoms with Crippen LogP contribution in [-0.4, -0.2) is 0 Å². The summed E-state index contributed by atoms with van der Waals surface area (Å²) in [6, 6.07) is 15.4. The summed E-state index contributed by atoms with van der Waals surface area (Å²) in [5, 5.41) is 0. The van der Waals surface area contributed by atoms with Crippen LogP contribution in [0.15, 0.2) is 42.5 Å². The molecule has 0 heterocycles. The molecule has 2 aromatic carbocycles. The van der Waals surface area contributed by atoms with Crippen LogP contribution in [0.25, 0.3) is 0 Å². The Labute approximate surface area is 121 Å². The molecule has 1 saturated carbocycles. The lowest BCUT2D eigenvalue weighted by Gasteiger charge is -2.26. The number of benzene rings is 2. The van der Waals surface area contributed by atoms with Crippen molar-refractivity contribution in [3.63, 3.8) is 0 Å². The van der Waals surface area contributed by atoms with Crippen LogP contribution in [-0.2, 0) is 0 Å². The lowest BCUT2D eigenvalue weighted by atomic mass is 9.79. The van der Waals surface area contributed by atoms with Crippen molar-refractivity contribution in [2.75, 3.05) is 0 Å². The van der Waals surface area contributed by atoms with Gasteiger partial charge in [0.05, 0.1) is 6.04 Å². The van der Waals surface area contributed by atoms with Crippen LogP contribution in [0, 0.1) is 13.8 Å². The molecule has 1 aliphatic rings. The Balaban J connectivity index is 1.85. The predicted molar refractivity (Wildman–Crippen MR) is 85.0 cm³/mol. The molecule has 2 N–H and O–H groups in total. The van der Waals surface area contributed by atoms with Gasteiger partial charge in [0.2, 0.25) is 0 Å². The molecule has 1 aliphatic carbocycles. The Morgan fingerprint density at radius 2 is 1.70 bits per heavy atom. The summed E-state index contributed by atoms with van der Waals surface area (Å²) in [7, 11) is 0. The number of nitrogens with two attached hydrogens (primary N) is 1. The van der Waals surface area contributed by atoms with Crippen LogP contribution in [0.3, 0.4) is 0 Å². The van der Waals surface area contributed by atoms with E-state index in [4.69, 9.17) is 5.73 Å². The van der Waals surface area contributed by atoms with E-state index in [1.54, 1.807) is 0 Å². The van der Waals surface area contributed by atoms with Crippen LogP contribution in [0.2, 0.25) is 0 Å². The van der Waals surface area contributed by atoms with E-state index in [9.17, 15) is 0 Å². The van der Waals surface area contributed by atoms with E-state index in [1.807, 2.05) is 0 Å². The Morgan fingerprint density at radius 1 is 1.00 bits per heavy atom. The van der Waals surface area contributed by atoms with Gasteiger partial charge in [-0.3, -0.25) is 0 Å². The number of hydrogen-bond donors (Lipinski definition) is 1. The quantitative estimate of drug-likeness (QED) is 0.861. The summed E-state index contributed by atoms with van der Waals surface area (Å²) < 4.78 is 0. The summed E-state index contributed by atoms with van der Waals surface area (Å²) in [6.07, 6.45) is 4.08. The number of aryl methyl sites for hydroxylation is 2. The highest BCUT2D eigenvalue weighted by atomic mass is 14.6. The van der Waals surface area contributed by atoms with E-state index in [1.165, 1.54) is 47.1 Å². The van der Waals surface area contributed by atoms with Crippen LogP contribution in [0.4, 0.5) is 0 Å². The molecule has 0 saturated heterocycles. The summed E-state index contributed by atoms with van der Waals surface area (Å²) in [6.45, 7) is 4.26. The first kappa shape index (κ1) is 13.4. The van der Waals surface area contributed by atoms with Crippen molar-refractivity contribution in [2.24, 2.45) is 5.73 Å². The summed E-state index contributed by atoms with van der Waals surface area (Å²) in [5.41, 5.74) is 12.9. The van der Waals surface area contributed by atoms with Crippen molar-refractivity contribution < 1.29 is 0 Å². The standard InChI is InChI=1S/C19H23N/c1-13-6-7-14(2)18(12-13)19(20)17-10-8-16(9-11-17)15-4-3-5-15/h6-12,15,19H,3-5,20H2,1-2H3. The first-order chi connectivity index (χ1) is 9.65. The average Bonchev–Trinajstić information content (AvgIpc) is 2.40. The predicted octanol–water partition coefficient (Wildman–Crippen LogP) is 4.62. The molecule has 1 heteroatoms. The second kappa shape index (κ2) is 5.41. The minimum absolute atomic E-state index is 0.0228. The fraction of sp³-hybridized carbons (Fsp3) is 0.368. The van der Waals surface area contributed by atoms with Crippen molar-refractivity contribution >= 4 is 0 Å². The normalized spacial score (nSPS) is 16.8. The van der Waals surface area contributed by atoms with Crippen molar-refractivity contribution in [1.82, 2.24) is 0 Å². The third-order valence-corrected chi connectivity index (χ3v) is 4.64. The highest BCUT2D eigenvalue weighted by Gasteiger charge is 2.19. The SMILES string of the molecule is Cc1ccc(C)c(C(N)c2ccc(C3CCC3)cc2)c1. The van der Waals surface area contributed by atoms with E-state index >= 15 is 0 Å². The molecule has 3 rings (SSSR count). The monoisotopic (exact) mass is 265 g/mol. The third kappa shape index (κ3) is 2.51.